The maximum Gasteiger partial charge on any atom is 0.0662 e. The molecule has 0 aliphatic carbocycles. The van der Waals surface area contributed by atoms with Crippen molar-refractivity contribution >= 4 is 11.8 Å². The Morgan fingerprint density at radius 3 is 3.08 bits per heavy atom. The summed E-state index contributed by atoms with van der Waals surface area (Å²) in [7, 11) is 0. The lowest BCUT2D eigenvalue weighted by Crippen LogP contribution is -2.30. The van der Waals surface area contributed by atoms with Gasteiger partial charge < -0.3 is 10.4 Å². The number of thioether (sulfide) groups is 1. The molecule has 2 unspecified atom stereocenters. The molecule has 1 aliphatic rings. The Morgan fingerprint density at radius 1 is 1.67 bits per heavy atom. The normalized spacial score (nSPS) is 26.0. The Bertz CT molecular complexity index is 115. The summed E-state index contributed by atoms with van der Waals surface area (Å²) in [6, 6.07) is 0. The molecule has 2 atom stereocenters. The van der Waals surface area contributed by atoms with Crippen molar-refractivity contribution in [2.45, 2.75) is 37.5 Å². The Morgan fingerprint density at radius 2 is 2.50 bits per heavy atom. The van der Waals surface area contributed by atoms with E-state index in [4.69, 9.17) is 0 Å². The van der Waals surface area contributed by atoms with Crippen LogP contribution < -0.4 is 5.32 Å². The van der Waals surface area contributed by atoms with Gasteiger partial charge in [-0.05, 0) is 25.0 Å². The smallest absolute Gasteiger partial charge is 0.0662 e. The SMILES string of the molecule is CCC(O)CNCC1CCCS1. The molecule has 1 heterocycles. The maximum absolute atomic E-state index is 9.26. The van der Waals surface area contributed by atoms with Gasteiger partial charge in [0.2, 0.25) is 0 Å². The quantitative estimate of drug-likeness (QED) is 0.682. The molecule has 1 rings (SSSR count). The first-order chi connectivity index (χ1) is 5.83. The van der Waals surface area contributed by atoms with Crippen LogP contribution in [0.15, 0.2) is 0 Å². The minimum Gasteiger partial charge on any atom is -0.392 e. The highest BCUT2D eigenvalue weighted by Crippen LogP contribution is 2.25. The molecule has 0 spiro atoms. The average Bonchev–Trinajstić information content (AvgIpc) is 2.57. The Balaban J connectivity index is 1.94. The number of hydrogen-bond donors (Lipinski definition) is 2. The van der Waals surface area contributed by atoms with E-state index in [1.54, 1.807) is 0 Å². The standard InChI is InChI=1S/C9H19NOS/c1-2-8(11)6-10-7-9-4-3-5-12-9/h8-11H,2-7H2,1H3. The van der Waals surface area contributed by atoms with Crippen molar-refractivity contribution < 1.29 is 5.11 Å². The minimum atomic E-state index is -0.156. The van der Waals surface area contributed by atoms with Crippen molar-refractivity contribution in [1.82, 2.24) is 5.32 Å². The Hall–Kier alpha value is 0.270. The summed E-state index contributed by atoms with van der Waals surface area (Å²) in [6.07, 6.45) is 3.41. The van der Waals surface area contributed by atoms with Crippen molar-refractivity contribution in [3.05, 3.63) is 0 Å². The number of hydrogen-bond acceptors (Lipinski definition) is 3. The summed E-state index contributed by atoms with van der Waals surface area (Å²) in [5.41, 5.74) is 0. The van der Waals surface area contributed by atoms with Crippen LogP contribution in [-0.2, 0) is 0 Å². The molecule has 0 bridgehead atoms. The first-order valence-electron chi connectivity index (χ1n) is 4.83. The monoisotopic (exact) mass is 189 g/mol. The second kappa shape index (κ2) is 5.84. The fourth-order valence-corrected chi connectivity index (χ4v) is 2.60. The van der Waals surface area contributed by atoms with Gasteiger partial charge in [0.25, 0.3) is 0 Å². The number of nitrogens with one attached hydrogen (secondary N) is 1. The molecule has 0 aromatic heterocycles. The molecule has 0 aromatic carbocycles. The summed E-state index contributed by atoms with van der Waals surface area (Å²) in [6.45, 7) is 3.84. The predicted molar refractivity (Wildman–Crippen MR) is 54.6 cm³/mol. The van der Waals surface area contributed by atoms with Crippen molar-refractivity contribution in [2.24, 2.45) is 0 Å². The van der Waals surface area contributed by atoms with Gasteiger partial charge in [-0.15, -0.1) is 0 Å². The summed E-state index contributed by atoms with van der Waals surface area (Å²) in [4.78, 5) is 0. The van der Waals surface area contributed by atoms with Gasteiger partial charge in [0.15, 0.2) is 0 Å². The van der Waals surface area contributed by atoms with Crippen LogP contribution in [0.1, 0.15) is 26.2 Å². The zero-order valence-electron chi connectivity index (χ0n) is 7.75. The Labute approximate surface area is 79.1 Å². The minimum absolute atomic E-state index is 0.156. The molecular weight excluding hydrogens is 170 g/mol. The van der Waals surface area contributed by atoms with E-state index < -0.39 is 0 Å². The highest BCUT2D eigenvalue weighted by Gasteiger charge is 2.14. The summed E-state index contributed by atoms with van der Waals surface area (Å²) in [5, 5.41) is 13.4. The average molecular weight is 189 g/mol. The van der Waals surface area contributed by atoms with Gasteiger partial charge in [0, 0.05) is 18.3 Å². The molecule has 0 saturated carbocycles. The van der Waals surface area contributed by atoms with Crippen LogP contribution in [0.3, 0.4) is 0 Å². The van der Waals surface area contributed by atoms with E-state index in [1.165, 1.54) is 18.6 Å². The molecule has 3 heteroatoms. The highest BCUT2D eigenvalue weighted by atomic mass is 32.2. The van der Waals surface area contributed by atoms with Crippen LogP contribution in [0.2, 0.25) is 0 Å². The zero-order valence-corrected chi connectivity index (χ0v) is 8.57. The third kappa shape index (κ3) is 3.78. The van der Waals surface area contributed by atoms with Gasteiger partial charge >= 0.3 is 0 Å². The predicted octanol–water partition coefficient (Wildman–Crippen LogP) is 1.24. The lowest BCUT2D eigenvalue weighted by molar-refractivity contribution is 0.167. The zero-order chi connectivity index (χ0) is 8.81. The molecule has 2 N–H and O–H groups in total. The summed E-state index contributed by atoms with van der Waals surface area (Å²) in [5.74, 6) is 1.32. The number of rotatable bonds is 5. The van der Waals surface area contributed by atoms with Crippen LogP contribution in [0.4, 0.5) is 0 Å². The van der Waals surface area contributed by atoms with E-state index in [0.717, 1.165) is 24.8 Å². The van der Waals surface area contributed by atoms with E-state index in [9.17, 15) is 5.11 Å². The molecule has 2 nitrogen and oxygen atoms in total. The van der Waals surface area contributed by atoms with Crippen LogP contribution in [0.25, 0.3) is 0 Å². The van der Waals surface area contributed by atoms with Crippen molar-refractivity contribution in [3.8, 4) is 0 Å². The van der Waals surface area contributed by atoms with Crippen molar-refractivity contribution in [1.29, 1.82) is 0 Å². The van der Waals surface area contributed by atoms with E-state index in [1.807, 2.05) is 6.92 Å². The number of aliphatic hydroxyl groups is 1. The molecule has 1 fully saturated rings. The van der Waals surface area contributed by atoms with E-state index >= 15 is 0 Å². The fraction of sp³-hybridized carbons (Fsp3) is 1.00. The molecular formula is C9H19NOS. The van der Waals surface area contributed by atoms with Crippen LogP contribution in [0.5, 0.6) is 0 Å². The summed E-state index contributed by atoms with van der Waals surface area (Å²) >= 11 is 2.06. The molecule has 12 heavy (non-hydrogen) atoms. The van der Waals surface area contributed by atoms with Gasteiger partial charge in [0.1, 0.15) is 0 Å². The van der Waals surface area contributed by atoms with Gasteiger partial charge in [-0.25, -0.2) is 0 Å². The molecule has 72 valence electrons. The molecule has 0 amide bonds. The van der Waals surface area contributed by atoms with E-state index in [2.05, 4.69) is 17.1 Å². The van der Waals surface area contributed by atoms with Crippen LogP contribution in [-0.4, -0.2) is 35.3 Å². The van der Waals surface area contributed by atoms with Crippen molar-refractivity contribution in [3.63, 3.8) is 0 Å². The van der Waals surface area contributed by atoms with E-state index in [0.29, 0.717) is 0 Å². The molecule has 0 aromatic rings. The molecule has 1 saturated heterocycles. The highest BCUT2D eigenvalue weighted by molar-refractivity contribution is 8.00. The second-order valence-corrected chi connectivity index (χ2v) is 4.76. The topological polar surface area (TPSA) is 32.3 Å². The fourth-order valence-electron chi connectivity index (χ4n) is 1.36. The first-order valence-corrected chi connectivity index (χ1v) is 5.88. The summed E-state index contributed by atoms with van der Waals surface area (Å²) < 4.78 is 0. The largest absolute Gasteiger partial charge is 0.392 e. The first kappa shape index (κ1) is 10.4. The molecule has 1 aliphatic heterocycles. The number of aliphatic hydroxyl groups excluding tert-OH is 1. The van der Waals surface area contributed by atoms with Crippen molar-refractivity contribution in [2.75, 3.05) is 18.8 Å². The molecule has 0 radical (unpaired) electrons. The van der Waals surface area contributed by atoms with Gasteiger partial charge in [0.05, 0.1) is 6.10 Å². The third-order valence-electron chi connectivity index (χ3n) is 2.25. The third-order valence-corrected chi connectivity index (χ3v) is 3.65. The van der Waals surface area contributed by atoms with E-state index in [-0.39, 0.29) is 6.10 Å². The Kier molecular flexibility index (Phi) is 5.04. The second-order valence-electron chi connectivity index (χ2n) is 3.36. The van der Waals surface area contributed by atoms with Gasteiger partial charge in [-0.2, -0.15) is 11.8 Å². The van der Waals surface area contributed by atoms with Crippen LogP contribution in [0, 0.1) is 0 Å². The van der Waals surface area contributed by atoms with Gasteiger partial charge in [-0.1, -0.05) is 6.92 Å². The van der Waals surface area contributed by atoms with Crippen LogP contribution >= 0.6 is 11.8 Å². The lowest BCUT2D eigenvalue weighted by Gasteiger charge is -2.12. The lowest BCUT2D eigenvalue weighted by atomic mass is 10.2. The van der Waals surface area contributed by atoms with Gasteiger partial charge in [-0.3, -0.25) is 0 Å². The maximum atomic E-state index is 9.26.